The number of alkyl halides is 3. The van der Waals surface area contributed by atoms with E-state index in [4.69, 9.17) is 4.74 Å². The number of rotatable bonds is 9. The quantitative estimate of drug-likeness (QED) is 0.324. The molecule has 3 aliphatic rings. The molecule has 3 aliphatic heterocycles. The van der Waals surface area contributed by atoms with Crippen molar-refractivity contribution in [3.63, 3.8) is 0 Å². The van der Waals surface area contributed by atoms with Gasteiger partial charge in [0.2, 0.25) is 21.9 Å². The molecule has 1 amide bonds. The van der Waals surface area contributed by atoms with Crippen molar-refractivity contribution in [2.45, 2.75) is 57.2 Å². The van der Waals surface area contributed by atoms with Crippen molar-refractivity contribution in [1.82, 2.24) is 19.2 Å². The van der Waals surface area contributed by atoms with Gasteiger partial charge >= 0.3 is 6.18 Å². The summed E-state index contributed by atoms with van der Waals surface area (Å²) >= 11 is 0. The van der Waals surface area contributed by atoms with Crippen LogP contribution in [0.5, 0.6) is 5.75 Å². The molecule has 49 heavy (non-hydrogen) atoms. The summed E-state index contributed by atoms with van der Waals surface area (Å²) in [6, 6.07) is 11.5. The summed E-state index contributed by atoms with van der Waals surface area (Å²) in [7, 11) is -1.64. The number of hydrogen-bond donors (Lipinski definition) is 2. The largest absolute Gasteiger partial charge is 0.494 e. The first kappa shape index (κ1) is 34.9. The van der Waals surface area contributed by atoms with Crippen molar-refractivity contribution in [2.24, 2.45) is 0 Å². The maximum absolute atomic E-state index is 14.0. The number of amides is 1. The van der Waals surface area contributed by atoms with Crippen LogP contribution in [0.25, 0.3) is 0 Å². The Labute approximate surface area is 284 Å². The number of methoxy groups -OCH3 is 1. The van der Waals surface area contributed by atoms with Crippen molar-refractivity contribution >= 4 is 38.9 Å². The number of carbonyl (C=O) groups excluding carboxylic acids is 1. The molecule has 0 saturated carbocycles. The van der Waals surface area contributed by atoms with E-state index in [0.717, 1.165) is 62.0 Å². The highest BCUT2D eigenvalue weighted by molar-refractivity contribution is 7.88. The molecule has 6 rings (SSSR count). The lowest BCUT2D eigenvalue weighted by Crippen LogP contribution is -2.54. The van der Waals surface area contributed by atoms with Gasteiger partial charge in [-0.1, -0.05) is 12.1 Å². The molecule has 4 heterocycles. The highest BCUT2D eigenvalue weighted by atomic mass is 32.2. The molecule has 2 aromatic carbocycles. The first-order valence-corrected chi connectivity index (χ1v) is 18.3. The predicted octanol–water partition coefficient (Wildman–Crippen LogP) is 4.81. The number of benzene rings is 2. The van der Waals surface area contributed by atoms with Gasteiger partial charge in [-0.15, -0.1) is 0 Å². The Morgan fingerprint density at radius 1 is 1.04 bits per heavy atom. The third-order valence-electron chi connectivity index (χ3n) is 9.92. The maximum atomic E-state index is 14.0. The molecule has 264 valence electrons. The van der Waals surface area contributed by atoms with Gasteiger partial charge in [0.15, 0.2) is 0 Å². The summed E-state index contributed by atoms with van der Waals surface area (Å²) in [5.74, 6) is 0.369. The van der Waals surface area contributed by atoms with Crippen LogP contribution in [0.2, 0.25) is 0 Å². The van der Waals surface area contributed by atoms with Crippen LogP contribution in [0.4, 0.5) is 36.2 Å². The lowest BCUT2D eigenvalue weighted by molar-refractivity contribution is -0.138. The second-order valence-corrected chi connectivity index (χ2v) is 15.4. The van der Waals surface area contributed by atoms with Crippen LogP contribution in [0.3, 0.4) is 0 Å². The summed E-state index contributed by atoms with van der Waals surface area (Å²) in [5.41, 5.74) is 1.90. The smallest absolute Gasteiger partial charge is 0.419 e. The van der Waals surface area contributed by atoms with Crippen LogP contribution in [-0.2, 0) is 39.3 Å². The Bertz CT molecular complexity index is 1820. The zero-order valence-corrected chi connectivity index (χ0v) is 28.9. The molecule has 0 radical (unpaired) electrons. The number of carbonyl (C=O) groups is 1. The molecule has 1 aromatic heterocycles. The Morgan fingerprint density at radius 3 is 2.41 bits per heavy atom. The molecule has 0 spiro atoms. The van der Waals surface area contributed by atoms with Gasteiger partial charge in [0, 0.05) is 68.9 Å². The van der Waals surface area contributed by atoms with Crippen LogP contribution >= 0.6 is 0 Å². The molecule has 15 heteroatoms. The monoisotopic (exact) mass is 701 g/mol. The normalized spacial score (nSPS) is 19.1. The fraction of sp³-hybridized carbons (Fsp3) is 0.500. The minimum atomic E-state index is -4.64. The number of anilines is 4. The second kappa shape index (κ2) is 13.4. The molecule has 3 aromatic rings. The minimum Gasteiger partial charge on any atom is -0.494 e. The molecular formula is C34H42F3N7O4S. The number of aromatic nitrogens is 2. The summed E-state index contributed by atoms with van der Waals surface area (Å²) in [6.45, 7) is 7.74. The van der Waals surface area contributed by atoms with E-state index in [9.17, 15) is 26.4 Å². The fourth-order valence-electron chi connectivity index (χ4n) is 7.19. The van der Waals surface area contributed by atoms with E-state index in [-0.39, 0.29) is 30.4 Å². The number of piperazine rings is 1. The predicted molar refractivity (Wildman–Crippen MR) is 182 cm³/mol. The van der Waals surface area contributed by atoms with E-state index < -0.39 is 27.2 Å². The third-order valence-corrected chi connectivity index (χ3v) is 11.2. The van der Waals surface area contributed by atoms with E-state index in [1.54, 1.807) is 26.0 Å². The number of nitrogens with zero attached hydrogens (tertiary/aromatic N) is 5. The zero-order chi connectivity index (χ0) is 35.1. The van der Waals surface area contributed by atoms with Crippen LogP contribution in [0.1, 0.15) is 49.1 Å². The van der Waals surface area contributed by atoms with E-state index in [1.807, 2.05) is 24.3 Å². The molecule has 0 atom stereocenters. The Hall–Kier alpha value is -3.95. The number of aryl methyl sites for hydroxylation is 2. The van der Waals surface area contributed by atoms with Crippen molar-refractivity contribution in [3.8, 4) is 5.75 Å². The SMILES string of the molecule is COc1cc(N2CCC(N3CCN(S(C)(=O)=O)CC3)CC2)ccc1Nc1ncc(C(F)(F)F)c(CCc2cccc3c2C(C)(C)C(=O)N3)n1. The van der Waals surface area contributed by atoms with Crippen LogP contribution in [0.15, 0.2) is 42.6 Å². The number of sulfonamides is 1. The van der Waals surface area contributed by atoms with Gasteiger partial charge in [-0.05, 0) is 68.9 Å². The summed E-state index contributed by atoms with van der Waals surface area (Å²) in [4.78, 5) is 25.5. The van der Waals surface area contributed by atoms with Crippen LogP contribution in [0, 0.1) is 0 Å². The van der Waals surface area contributed by atoms with E-state index in [0.29, 0.717) is 36.3 Å². The van der Waals surface area contributed by atoms with Gasteiger partial charge in [0.05, 0.1) is 35.7 Å². The average molecular weight is 702 g/mol. The van der Waals surface area contributed by atoms with Gasteiger partial charge in [-0.2, -0.15) is 17.5 Å². The number of halogens is 3. The number of hydrogen-bond acceptors (Lipinski definition) is 9. The van der Waals surface area contributed by atoms with Crippen molar-refractivity contribution in [1.29, 1.82) is 0 Å². The molecule has 0 bridgehead atoms. The molecule has 0 aliphatic carbocycles. The number of nitrogens with one attached hydrogen (secondary N) is 2. The number of piperidine rings is 1. The van der Waals surface area contributed by atoms with Gasteiger partial charge in [0.25, 0.3) is 0 Å². The fourth-order valence-corrected chi connectivity index (χ4v) is 8.02. The minimum absolute atomic E-state index is 0.00776. The number of fused-ring (bicyclic) bond motifs is 1. The average Bonchev–Trinajstić information content (AvgIpc) is 3.30. The van der Waals surface area contributed by atoms with E-state index >= 15 is 0 Å². The van der Waals surface area contributed by atoms with Crippen molar-refractivity contribution < 1.29 is 31.1 Å². The van der Waals surface area contributed by atoms with E-state index in [2.05, 4.69) is 30.4 Å². The van der Waals surface area contributed by atoms with Gasteiger partial charge in [0.1, 0.15) is 5.75 Å². The van der Waals surface area contributed by atoms with Crippen LogP contribution < -0.4 is 20.3 Å². The van der Waals surface area contributed by atoms with E-state index in [1.165, 1.54) is 17.7 Å². The standard InChI is InChI=1S/C34H42F3N7O4S/c1-33(2)30-22(6-5-7-28(30)39-31(33)45)8-10-26-25(34(35,36)37)21-38-32(40-26)41-27-11-9-24(20-29(27)48-3)42-14-12-23(13-15-42)43-16-18-44(19-17-43)49(4,46)47/h5-7,9,11,20-21,23H,8,10,12-19H2,1-4H3,(H,39,45)(H,38,40,41). The van der Waals surface area contributed by atoms with Crippen molar-refractivity contribution in [2.75, 3.05) is 68.2 Å². The molecule has 2 saturated heterocycles. The molecule has 2 fully saturated rings. The first-order valence-electron chi connectivity index (χ1n) is 16.4. The lowest BCUT2D eigenvalue weighted by atomic mass is 9.82. The second-order valence-electron chi connectivity index (χ2n) is 13.4. The summed E-state index contributed by atoms with van der Waals surface area (Å²) in [5, 5.41) is 5.92. The van der Waals surface area contributed by atoms with Crippen molar-refractivity contribution in [3.05, 3.63) is 65.0 Å². The van der Waals surface area contributed by atoms with Gasteiger partial charge in [-0.3, -0.25) is 9.69 Å². The molecular weight excluding hydrogens is 659 g/mol. The maximum Gasteiger partial charge on any atom is 0.419 e. The third kappa shape index (κ3) is 7.33. The highest BCUT2D eigenvalue weighted by Gasteiger charge is 2.40. The Morgan fingerprint density at radius 2 is 1.76 bits per heavy atom. The summed E-state index contributed by atoms with van der Waals surface area (Å²) < 4.78 is 73.1. The lowest BCUT2D eigenvalue weighted by Gasteiger charge is -2.42. The van der Waals surface area contributed by atoms with Gasteiger partial charge in [-0.25, -0.2) is 18.4 Å². The molecule has 2 N–H and O–H groups in total. The Balaban J connectivity index is 1.14. The van der Waals surface area contributed by atoms with Crippen LogP contribution in [-0.4, -0.2) is 92.2 Å². The first-order chi connectivity index (χ1) is 23.1. The van der Waals surface area contributed by atoms with Gasteiger partial charge < -0.3 is 20.3 Å². The Kier molecular flexibility index (Phi) is 9.54. The topological polar surface area (TPSA) is 120 Å². The zero-order valence-electron chi connectivity index (χ0n) is 28.1. The summed E-state index contributed by atoms with van der Waals surface area (Å²) in [6.07, 6.45) is -0.439. The number of ether oxygens (including phenoxy) is 1. The molecule has 0 unspecified atom stereocenters. The highest BCUT2D eigenvalue weighted by Crippen LogP contribution is 2.41. The molecule has 11 nitrogen and oxygen atoms in total.